The molecule has 1 atom stereocenters. The maximum atomic E-state index is 11.7. The van der Waals surface area contributed by atoms with Crippen molar-refractivity contribution >= 4 is 23.6 Å². The zero-order valence-electron chi connectivity index (χ0n) is 9.73. The van der Waals surface area contributed by atoms with Crippen molar-refractivity contribution in [3.8, 4) is 0 Å². The van der Waals surface area contributed by atoms with E-state index in [1.54, 1.807) is 13.0 Å². The number of thioether (sulfide) groups is 1. The number of hydrogen-bond donors (Lipinski definition) is 2. The van der Waals surface area contributed by atoms with Crippen LogP contribution in [0.1, 0.15) is 22.5 Å². The molecule has 0 aliphatic rings. The van der Waals surface area contributed by atoms with Gasteiger partial charge in [0, 0.05) is 5.56 Å². The first-order chi connectivity index (χ1) is 8.06. The summed E-state index contributed by atoms with van der Waals surface area (Å²) in [5.74, 6) is -0.674. The number of nitrogens with one attached hydrogen (secondary N) is 1. The molecule has 6 heteroatoms. The molecule has 1 heterocycles. The number of carbonyl (C=O) groups is 2. The SMILES string of the molecule is CSCC[C@@H](NC(=O)c1occc1C)C(=O)O. The number of furan rings is 1. The van der Waals surface area contributed by atoms with E-state index in [2.05, 4.69) is 5.32 Å². The van der Waals surface area contributed by atoms with Crippen molar-refractivity contribution in [2.24, 2.45) is 0 Å². The second kappa shape index (κ2) is 6.34. The standard InChI is InChI=1S/C11H15NO4S/c1-7-3-5-16-9(7)10(13)12-8(11(14)15)4-6-17-2/h3,5,8H,4,6H2,1-2H3,(H,12,13)(H,14,15)/t8-/m1/s1. The van der Waals surface area contributed by atoms with E-state index in [1.807, 2.05) is 6.26 Å². The molecule has 1 rings (SSSR count). The van der Waals surface area contributed by atoms with Gasteiger partial charge in [-0.3, -0.25) is 4.79 Å². The minimum atomic E-state index is -1.03. The van der Waals surface area contributed by atoms with Crippen LogP contribution >= 0.6 is 11.8 Å². The highest BCUT2D eigenvalue weighted by Crippen LogP contribution is 2.09. The highest BCUT2D eigenvalue weighted by atomic mass is 32.2. The number of aryl methyl sites for hydroxylation is 1. The summed E-state index contributed by atoms with van der Waals surface area (Å²) < 4.78 is 5.00. The molecule has 0 saturated carbocycles. The molecule has 94 valence electrons. The Morgan fingerprint density at radius 2 is 2.29 bits per heavy atom. The molecular weight excluding hydrogens is 242 g/mol. The normalized spacial score (nSPS) is 12.1. The van der Waals surface area contributed by atoms with E-state index in [0.29, 0.717) is 17.7 Å². The van der Waals surface area contributed by atoms with Gasteiger partial charge in [0.25, 0.3) is 5.91 Å². The predicted octanol–water partition coefficient (Wildman–Crippen LogP) is 1.52. The maximum Gasteiger partial charge on any atom is 0.326 e. The topological polar surface area (TPSA) is 79.5 Å². The Morgan fingerprint density at radius 3 is 2.76 bits per heavy atom. The second-order valence-electron chi connectivity index (χ2n) is 3.58. The second-order valence-corrected chi connectivity index (χ2v) is 4.56. The molecule has 2 N–H and O–H groups in total. The van der Waals surface area contributed by atoms with E-state index in [4.69, 9.17) is 9.52 Å². The third-order valence-corrected chi connectivity index (χ3v) is 2.93. The molecule has 0 fully saturated rings. The summed E-state index contributed by atoms with van der Waals surface area (Å²) >= 11 is 1.54. The highest BCUT2D eigenvalue weighted by Gasteiger charge is 2.22. The lowest BCUT2D eigenvalue weighted by atomic mass is 10.2. The molecule has 5 nitrogen and oxygen atoms in total. The van der Waals surface area contributed by atoms with Crippen LogP contribution in [0.4, 0.5) is 0 Å². The maximum absolute atomic E-state index is 11.7. The summed E-state index contributed by atoms with van der Waals surface area (Å²) in [6.07, 6.45) is 3.68. The van der Waals surface area contributed by atoms with Gasteiger partial charge < -0.3 is 14.8 Å². The van der Waals surface area contributed by atoms with Crippen molar-refractivity contribution in [2.75, 3.05) is 12.0 Å². The van der Waals surface area contributed by atoms with E-state index >= 15 is 0 Å². The Balaban J connectivity index is 2.64. The fourth-order valence-corrected chi connectivity index (χ4v) is 1.79. The van der Waals surface area contributed by atoms with Crippen LogP contribution in [-0.4, -0.2) is 35.0 Å². The molecule has 0 radical (unpaired) electrons. The fraction of sp³-hybridized carbons (Fsp3) is 0.455. The monoisotopic (exact) mass is 257 g/mol. The van der Waals surface area contributed by atoms with E-state index in [-0.39, 0.29) is 5.76 Å². The van der Waals surface area contributed by atoms with Gasteiger partial charge in [0.2, 0.25) is 0 Å². The van der Waals surface area contributed by atoms with Gasteiger partial charge in [-0.05, 0) is 31.4 Å². The number of carboxylic acid groups (broad SMARTS) is 1. The van der Waals surface area contributed by atoms with Crippen molar-refractivity contribution in [2.45, 2.75) is 19.4 Å². The van der Waals surface area contributed by atoms with Crippen LogP contribution in [0.2, 0.25) is 0 Å². The number of amides is 1. The first-order valence-electron chi connectivity index (χ1n) is 5.13. The average molecular weight is 257 g/mol. The molecule has 0 spiro atoms. The van der Waals surface area contributed by atoms with Gasteiger partial charge >= 0.3 is 5.97 Å². The highest BCUT2D eigenvalue weighted by molar-refractivity contribution is 7.98. The molecule has 0 aliphatic heterocycles. The summed E-state index contributed by atoms with van der Waals surface area (Å²) in [5.41, 5.74) is 0.691. The third-order valence-electron chi connectivity index (χ3n) is 2.28. The average Bonchev–Trinajstić information content (AvgIpc) is 2.70. The van der Waals surface area contributed by atoms with Crippen LogP contribution < -0.4 is 5.32 Å². The Labute approximate surface area is 104 Å². The zero-order chi connectivity index (χ0) is 12.8. The molecule has 0 aliphatic carbocycles. The molecule has 0 bridgehead atoms. The largest absolute Gasteiger partial charge is 0.480 e. The molecule has 17 heavy (non-hydrogen) atoms. The van der Waals surface area contributed by atoms with Crippen molar-refractivity contribution < 1.29 is 19.1 Å². The van der Waals surface area contributed by atoms with E-state index in [0.717, 1.165) is 0 Å². The quantitative estimate of drug-likeness (QED) is 0.807. The number of rotatable bonds is 6. The van der Waals surface area contributed by atoms with Crippen LogP contribution in [0.5, 0.6) is 0 Å². The summed E-state index contributed by atoms with van der Waals surface area (Å²) in [6, 6.07) is 0.784. The van der Waals surface area contributed by atoms with Crippen LogP contribution in [0.25, 0.3) is 0 Å². The Kier molecular flexibility index (Phi) is 5.09. The fourth-order valence-electron chi connectivity index (χ4n) is 1.32. The Bertz CT molecular complexity index is 402. The Hall–Kier alpha value is -1.43. The number of aliphatic carboxylic acids is 1. The number of carboxylic acids is 1. The van der Waals surface area contributed by atoms with Gasteiger partial charge in [0.05, 0.1) is 6.26 Å². The predicted molar refractivity (Wildman–Crippen MR) is 65.3 cm³/mol. The van der Waals surface area contributed by atoms with Gasteiger partial charge in [-0.25, -0.2) is 4.79 Å². The first kappa shape index (κ1) is 13.6. The van der Waals surface area contributed by atoms with Crippen LogP contribution in [0.15, 0.2) is 16.7 Å². The summed E-state index contributed by atoms with van der Waals surface area (Å²) in [6.45, 7) is 1.73. The van der Waals surface area contributed by atoms with Crippen molar-refractivity contribution in [1.82, 2.24) is 5.32 Å². The van der Waals surface area contributed by atoms with Gasteiger partial charge in [-0.1, -0.05) is 0 Å². The number of hydrogen-bond acceptors (Lipinski definition) is 4. The van der Waals surface area contributed by atoms with E-state index in [9.17, 15) is 9.59 Å². The lowest BCUT2D eigenvalue weighted by Gasteiger charge is -2.13. The summed E-state index contributed by atoms with van der Waals surface area (Å²) in [7, 11) is 0. The first-order valence-corrected chi connectivity index (χ1v) is 6.52. The molecule has 1 amide bonds. The molecule has 1 aromatic rings. The van der Waals surface area contributed by atoms with Gasteiger partial charge in [0.1, 0.15) is 6.04 Å². The van der Waals surface area contributed by atoms with Crippen molar-refractivity contribution in [3.63, 3.8) is 0 Å². The lowest BCUT2D eigenvalue weighted by Crippen LogP contribution is -2.41. The Morgan fingerprint density at radius 1 is 1.59 bits per heavy atom. The molecule has 1 aromatic heterocycles. The van der Waals surface area contributed by atoms with Crippen LogP contribution in [-0.2, 0) is 4.79 Å². The van der Waals surface area contributed by atoms with Crippen molar-refractivity contribution in [1.29, 1.82) is 0 Å². The number of carbonyl (C=O) groups excluding carboxylic acids is 1. The molecule has 0 aromatic carbocycles. The minimum absolute atomic E-state index is 0.167. The van der Waals surface area contributed by atoms with Gasteiger partial charge in [-0.2, -0.15) is 11.8 Å². The molecular formula is C11H15NO4S. The lowest BCUT2D eigenvalue weighted by molar-refractivity contribution is -0.139. The minimum Gasteiger partial charge on any atom is -0.480 e. The van der Waals surface area contributed by atoms with E-state index < -0.39 is 17.9 Å². The summed E-state index contributed by atoms with van der Waals surface area (Å²) in [5, 5.41) is 11.4. The van der Waals surface area contributed by atoms with Crippen LogP contribution in [0.3, 0.4) is 0 Å². The molecule has 0 saturated heterocycles. The van der Waals surface area contributed by atoms with E-state index in [1.165, 1.54) is 18.0 Å². The summed E-state index contributed by atoms with van der Waals surface area (Å²) in [4.78, 5) is 22.7. The van der Waals surface area contributed by atoms with Gasteiger partial charge in [0.15, 0.2) is 5.76 Å². The van der Waals surface area contributed by atoms with Crippen LogP contribution in [0, 0.1) is 6.92 Å². The molecule has 0 unspecified atom stereocenters. The smallest absolute Gasteiger partial charge is 0.326 e. The van der Waals surface area contributed by atoms with Crippen molar-refractivity contribution in [3.05, 3.63) is 23.7 Å². The zero-order valence-corrected chi connectivity index (χ0v) is 10.5. The third kappa shape index (κ3) is 3.81. The van der Waals surface area contributed by atoms with Gasteiger partial charge in [-0.15, -0.1) is 0 Å².